The molecule has 6 N–H and O–H groups in total. The van der Waals surface area contributed by atoms with Gasteiger partial charge < -0.3 is 31.5 Å². The van der Waals surface area contributed by atoms with Gasteiger partial charge in [-0.2, -0.15) is 0 Å². The summed E-state index contributed by atoms with van der Waals surface area (Å²) in [6, 6.07) is -3.80. The first-order valence-electron chi connectivity index (χ1n) is 8.33. The molecule has 0 aliphatic heterocycles. The second kappa shape index (κ2) is 10.3. The predicted octanol–water partition coefficient (Wildman–Crippen LogP) is -0.267. The van der Waals surface area contributed by atoms with Crippen LogP contribution in [0.3, 0.4) is 0 Å². The van der Waals surface area contributed by atoms with E-state index in [2.05, 4.69) is 16.0 Å². The van der Waals surface area contributed by atoms with Crippen LogP contribution in [-0.2, 0) is 19.1 Å². The first-order valence-corrected chi connectivity index (χ1v) is 8.33. The Balaban J connectivity index is 5.03. The zero-order valence-corrected chi connectivity index (χ0v) is 16.1. The van der Waals surface area contributed by atoms with Gasteiger partial charge in [-0.1, -0.05) is 13.8 Å². The highest BCUT2D eigenvalue weighted by molar-refractivity contribution is 6.05. The van der Waals surface area contributed by atoms with Crippen LogP contribution in [-0.4, -0.2) is 59.1 Å². The summed E-state index contributed by atoms with van der Waals surface area (Å²) in [4.78, 5) is 58.2. The molecule has 0 aromatic rings. The Hall–Kier alpha value is -2.85. The lowest BCUT2D eigenvalue weighted by Gasteiger charge is -2.26. The third-order valence-electron chi connectivity index (χ3n) is 3.15. The van der Waals surface area contributed by atoms with Crippen LogP contribution in [0.2, 0.25) is 0 Å². The van der Waals surface area contributed by atoms with Gasteiger partial charge in [0.15, 0.2) is 11.8 Å². The number of alkyl carbamates (subject to hydrolysis) is 1. The molecule has 0 bridgehead atoms. The number of Topliss-reactive ketones (excluding diaryl/α,β-unsaturated/α-hetero) is 1. The number of ketones is 1. The van der Waals surface area contributed by atoms with Gasteiger partial charge in [0.25, 0.3) is 0 Å². The number of carbonyl (C=O) groups excluding carboxylic acids is 4. The van der Waals surface area contributed by atoms with E-state index in [1.807, 2.05) is 0 Å². The van der Waals surface area contributed by atoms with Crippen molar-refractivity contribution in [3.8, 4) is 0 Å². The first-order chi connectivity index (χ1) is 12.2. The van der Waals surface area contributed by atoms with Crippen molar-refractivity contribution < 1.29 is 33.8 Å². The molecule has 154 valence electrons. The van der Waals surface area contributed by atoms with Crippen molar-refractivity contribution in [2.45, 2.75) is 58.7 Å². The summed E-state index contributed by atoms with van der Waals surface area (Å²) in [5, 5.41) is 15.8. The number of aliphatic carboxylic acids is 1. The second-order valence-electron chi connectivity index (χ2n) is 7.16. The quantitative estimate of drug-likeness (QED) is 0.337. The van der Waals surface area contributed by atoms with E-state index in [0.29, 0.717) is 0 Å². The van der Waals surface area contributed by atoms with Crippen molar-refractivity contribution in [3.05, 3.63) is 0 Å². The number of rotatable bonds is 9. The van der Waals surface area contributed by atoms with Crippen LogP contribution in [0.1, 0.15) is 41.0 Å². The SMILES string of the molecule is CC(C)[C@H](NC(=O)OC(C)(C)C)C(=O)N[C@H](C(=O)O)C(=O)CCNC(N)=O. The minimum Gasteiger partial charge on any atom is -0.479 e. The van der Waals surface area contributed by atoms with Gasteiger partial charge in [0.05, 0.1) is 0 Å². The molecule has 0 aliphatic rings. The molecule has 2 atom stereocenters. The Labute approximate surface area is 157 Å². The van der Waals surface area contributed by atoms with Crippen LogP contribution in [0, 0.1) is 5.92 Å². The highest BCUT2D eigenvalue weighted by Crippen LogP contribution is 2.09. The molecule has 0 rings (SSSR count). The standard InChI is InChI=1S/C16H28N4O7/c1-8(2)10(20-15(26)27-16(3,4)5)12(22)19-11(13(23)24)9(21)6-7-18-14(17)25/h8,10-11H,6-7H2,1-5H3,(H,19,22)(H,20,26)(H,23,24)(H3,17,18,25)/t10-,11-/m0/s1. The molecular formula is C16H28N4O7. The molecule has 0 aromatic heterocycles. The second-order valence-corrected chi connectivity index (χ2v) is 7.16. The zero-order chi connectivity index (χ0) is 21.4. The molecule has 0 heterocycles. The van der Waals surface area contributed by atoms with E-state index in [-0.39, 0.29) is 13.0 Å². The van der Waals surface area contributed by atoms with Gasteiger partial charge in [-0.3, -0.25) is 9.59 Å². The fraction of sp³-hybridized carbons (Fsp3) is 0.688. The monoisotopic (exact) mass is 388 g/mol. The maximum Gasteiger partial charge on any atom is 0.408 e. The highest BCUT2D eigenvalue weighted by atomic mass is 16.6. The molecule has 0 spiro atoms. The fourth-order valence-electron chi connectivity index (χ4n) is 1.93. The number of primary amides is 1. The number of nitrogens with one attached hydrogen (secondary N) is 3. The van der Waals surface area contributed by atoms with E-state index in [0.717, 1.165) is 0 Å². The number of hydrogen-bond acceptors (Lipinski definition) is 6. The molecule has 27 heavy (non-hydrogen) atoms. The average molecular weight is 388 g/mol. The van der Waals surface area contributed by atoms with Gasteiger partial charge in [-0.15, -0.1) is 0 Å². The molecule has 0 unspecified atom stereocenters. The lowest BCUT2D eigenvalue weighted by Crippen LogP contribution is -2.56. The minimum absolute atomic E-state index is 0.169. The number of amides is 4. The topological polar surface area (TPSA) is 177 Å². The van der Waals surface area contributed by atoms with Crippen LogP contribution < -0.4 is 21.7 Å². The van der Waals surface area contributed by atoms with Gasteiger partial charge >= 0.3 is 18.1 Å². The number of ether oxygens (including phenoxy) is 1. The van der Waals surface area contributed by atoms with Crippen LogP contribution in [0.25, 0.3) is 0 Å². The third kappa shape index (κ3) is 10.0. The lowest BCUT2D eigenvalue weighted by molar-refractivity contribution is -0.146. The van der Waals surface area contributed by atoms with Gasteiger partial charge in [0.2, 0.25) is 5.91 Å². The summed E-state index contributed by atoms with van der Waals surface area (Å²) >= 11 is 0. The Bertz CT molecular complexity index is 584. The molecule has 0 radical (unpaired) electrons. The molecule has 11 nitrogen and oxygen atoms in total. The van der Waals surface area contributed by atoms with Crippen LogP contribution in [0.15, 0.2) is 0 Å². The van der Waals surface area contributed by atoms with Gasteiger partial charge in [0, 0.05) is 13.0 Å². The summed E-state index contributed by atoms with van der Waals surface area (Å²) in [7, 11) is 0. The Morgan fingerprint density at radius 3 is 2.04 bits per heavy atom. The Morgan fingerprint density at radius 1 is 1.07 bits per heavy atom. The summed E-state index contributed by atoms with van der Waals surface area (Å²) in [6.07, 6.45) is -1.19. The Kier molecular flexibility index (Phi) is 9.24. The van der Waals surface area contributed by atoms with Crippen molar-refractivity contribution in [2.75, 3.05) is 6.54 Å². The number of carboxylic acid groups (broad SMARTS) is 1. The van der Waals surface area contributed by atoms with Gasteiger partial charge in [0.1, 0.15) is 11.6 Å². The zero-order valence-electron chi connectivity index (χ0n) is 16.1. The molecule has 11 heteroatoms. The number of carboxylic acids is 1. The van der Waals surface area contributed by atoms with Crippen LogP contribution in [0.5, 0.6) is 0 Å². The average Bonchev–Trinajstić information content (AvgIpc) is 2.47. The number of carbonyl (C=O) groups is 5. The summed E-state index contributed by atoms with van der Waals surface area (Å²) in [5.41, 5.74) is 4.08. The molecule has 4 amide bonds. The number of hydrogen-bond donors (Lipinski definition) is 5. The molecular weight excluding hydrogens is 360 g/mol. The molecule has 0 aromatic carbocycles. The first kappa shape index (κ1) is 24.1. The number of nitrogens with two attached hydrogens (primary N) is 1. The van der Waals surface area contributed by atoms with Crippen molar-refractivity contribution in [2.24, 2.45) is 11.7 Å². The van der Waals surface area contributed by atoms with Crippen molar-refractivity contribution >= 4 is 29.8 Å². The van der Waals surface area contributed by atoms with Crippen LogP contribution in [0.4, 0.5) is 9.59 Å². The summed E-state index contributed by atoms with van der Waals surface area (Å²) < 4.78 is 5.08. The summed E-state index contributed by atoms with van der Waals surface area (Å²) in [6.45, 7) is 8.05. The minimum atomic E-state index is -1.83. The normalized spacial score (nSPS) is 13.3. The third-order valence-corrected chi connectivity index (χ3v) is 3.15. The molecule has 0 saturated carbocycles. The highest BCUT2D eigenvalue weighted by Gasteiger charge is 2.33. The fourth-order valence-corrected chi connectivity index (χ4v) is 1.93. The number of urea groups is 1. The van der Waals surface area contributed by atoms with E-state index >= 15 is 0 Å². The van der Waals surface area contributed by atoms with Crippen molar-refractivity contribution in [3.63, 3.8) is 0 Å². The van der Waals surface area contributed by atoms with E-state index < -0.39 is 53.4 Å². The largest absolute Gasteiger partial charge is 0.479 e. The van der Waals surface area contributed by atoms with E-state index in [1.54, 1.807) is 34.6 Å². The van der Waals surface area contributed by atoms with Gasteiger partial charge in [-0.25, -0.2) is 14.4 Å². The molecule has 0 aliphatic carbocycles. The van der Waals surface area contributed by atoms with Crippen molar-refractivity contribution in [1.29, 1.82) is 0 Å². The smallest absolute Gasteiger partial charge is 0.408 e. The van der Waals surface area contributed by atoms with E-state index in [4.69, 9.17) is 10.5 Å². The van der Waals surface area contributed by atoms with Crippen LogP contribution >= 0.6 is 0 Å². The molecule has 0 saturated heterocycles. The maximum absolute atomic E-state index is 12.4. The lowest BCUT2D eigenvalue weighted by atomic mass is 10.0. The molecule has 0 fully saturated rings. The Morgan fingerprint density at radius 2 is 1.63 bits per heavy atom. The van der Waals surface area contributed by atoms with E-state index in [9.17, 15) is 29.1 Å². The van der Waals surface area contributed by atoms with Crippen molar-refractivity contribution in [1.82, 2.24) is 16.0 Å². The predicted molar refractivity (Wildman–Crippen MR) is 94.8 cm³/mol. The summed E-state index contributed by atoms with van der Waals surface area (Å²) in [5.74, 6) is -3.64. The maximum atomic E-state index is 12.4. The van der Waals surface area contributed by atoms with E-state index in [1.165, 1.54) is 0 Å². The van der Waals surface area contributed by atoms with Gasteiger partial charge in [-0.05, 0) is 26.7 Å².